The molecule has 0 aliphatic rings. The van der Waals surface area contributed by atoms with Crippen LogP contribution in [0.4, 0.5) is 22.7 Å². The van der Waals surface area contributed by atoms with Gasteiger partial charge < -0.3 is 9.88 Å². The van der Waals surface area contributed by atoms with Crippen molar-refractivity contribution in [3.63, 3.8) is 0 Å². The van der Waals surface area contributed by atoms with Crippen LogP contribution in [0.2, 0.25) is 0 Å². The monoisotopic (exact) mass is 606 g/mol. The number of fused-ring (bicyclic) bond motifs is 4. The van der Waals surface area contributed by atoms with Crippen molar-refractivity contribution in [3.8, 4) is 5.69 Å². The largest absolute Gasteiger partial charge is 0.355 e. The van der Waals surface area contributed by atoms with Crippen molar-refractivity contribution in [3.05, 3.63) is 181 Å². The number of nitrogens with zero attached hydrogens (tertiary/aromatic N) is 2. The van der Waals surface area contributed by atoms with Crippen LogP contribution in [0.1, 0.15) is 16.7 Å². The van der Waals surface area contributed by atoms with Gasteiger partial charge in [-0.05, 0) is 95.1 Å². The molecule has 226 valence electrons. The number of rotatable bonds is 8. The smallest absolute Gasteiger partial charge is 0.0610 e. The average Bonchev–Trinajstić information content (AvgIpc) is 3.44. The number of nitrogens with one attached hydrogen (secondary N) is 1. The third kappa shape index (κ3) is 5.21. The number of anilines is 4. The lowest BCUT2D eigenvalue weighted by Gasteiger charge is -2.22. The predicted octanol–water partition coefficient (Wildman–Crippen LogP) is 10.9. The van der Waals surface area contributed by atoms with Crippen molar-refractivity contribution in [2.75, 3.05) is 10.3 Å². The van der Waals surface area contributed by atoms with E-state index in [0.717, 1.165) is 51.5 Å². The maximum absolute atomic E-state index is 6.81. The molecule has 0 fully saturated rings. The standard InChI is InChI=1S/C43H34N4/c1-2-37-39(45-34-18-7-4-8-19-34)25-26-41-43(37)38-28-31-15-9-10-16-32(31)29-42(38)46(41)35-21-23-36(24-22-35)47(44)40-20-12-11-17-33(40)27-30-13-5-3-6-14-30/h2-26,28-29,45H,1,27,44H2. The molecular weight excluding hydrogens is 573 g/mol. The Morgan fingerprint density at radius 3 is 2.06 bits per heavy atom. The first kappa shape index (κ1) is 28.4. The molecule has 0 unspecified atom stereocenters. The molecule has 47 heavy (non-hydrogen) atoms. The van der Waals surface area contributed by atoms with E-state index in [1.165, 1.54) is 32.7 Å². The summed E-state index contributed by atoms with van der Waals surface area (Å²) in [4.78, 5) is 0. The zero-order valence-electron chi connectivity index (χ0n) is 26.0. The Balaban J connectivity index is 1.24. The Hall–Kier alpha value is -6.10. The topological polar surface area (TPSA) is 46.2 Å². The van der Waals surface area contributed by atoms with Crippen molar-refractivity contribution in [1.29, 1.82) is 0 Å². The van der Waals surface area contributed by atoms with E-state index in [-0.39, 0.29) is 0 Å². The molecule has 0 saturated heterocycles. The van der Waals surface area contributed by atoms with Gasteiger partial charge in [-0.1, -0.05) is 104 Å². The minimum atomic E-state index is 0.810. The van der Waals surface area contributed by atoms with Crippen LogP contribution in [-0.4, -0.2) is 4.57 Å². The van der Waals surface area contributed by atoms with E-state index in [0.29, 0.717) is 0 Å². The van der Waals surface area contributed by atoms with Gasteiger partial charge in [-0.2, -0.15) is 0 Å². The van der Waals surface area contributed by atoms with Crippen LogP contribution in [0.15, 0.2) is 164 Å². The summed E-state index contributed by atoms with van der Waals surface area (Å²) in [6.45, 7) is 4.26. The van der Waals surface area contributed by atoms with Crippen molar-refractivity contribution in [2.24, 2.45) is 5.84 Å². The first-order valence-electron chi connectivity index (χ1n) is 15.9. The van der Waals surface area contributed by atoms with Crippen LogP contribution < -0.4 is 16.2 Å². The van der Waals surface area contributed by atoms with Gasteiger partial charge in [0.05, 0.1) is 22.4 Å². The molecule has 0 aliphatic carbocycles. The van der Waals surface area contributed by atoms with Crippen molar-refractivity contribution >= 4 is 61.4 Å². The lowest BCUT2D eigenvalue weighted by Crippen LogP contribution is -2.26. The number of para-hydroxylation sites is 2. The van der Waals surface area contributed by atoms with E-state index in [1.807, 2.05) is 36.4 Å². The van der Waals surface area contributed by atoms with Gasteiger partial charge >= 0.3 is 0 Å². The number of benzene rings is 7. The maximum Gasteiger partial charge on any atom is 0.0610 e. The minimum Gasteiger partial charge on any atom is -0.355 e. The molecule has 7 aromatic carbocycles. The number of hydrogen-bond donors (Lipinski definition) is 2. The van der Waals surface area contributed by atoms with Crippen molar-refractivity contribution in [1.82, 2.24) is 4.57 Å². The molecular formula is C43H34N4. The fourth-order valence-electron chi connectivity index (χ4n) is 6.71. The Kier molecular flexibility index (Phi) is 7.25. The predicted molar refractivity (Wildman–Crippen MR) is 200 cm³/mol. The number of hydrazine groups is 1. The zero-order valence-corrected chi connectivity index (χ0v) is 26.0. The van der Waals surface area contributed by atoms with Crippen LogP contribution in [0.5, 0.6) is 0 Å². The Bertz CT molecular complexity index is 2370. The third-order valence-electron chi connectivity index (χ3n) is 8.97. The number of aromatic nitrogens is 1. The number of hydrogen-bond acceptors (Lipinski definition) is 3. The molecule has 1 heterocycles. The maximum atomic E-state index is 6.81. The van der Waals surface area contributed by atoms with E-state index < -0.39 is 0 Å². The van der Waals surface area contributed by atoms with Crippen LogP contribution in [0, 0.1) is 0 Å². The molecule has 3 N–H and O–H groups in total. The van der Waals surface area contributed by atoms with E-state index in [4.69, 9.17) is 5.84 Å². The van der Waals surface area contributed by atoms with Gasteiger partial charge in [0, 0.05) is 33.4 Å². The molecule has 0 aliphatic heterocycles. The quantitative estimate of drug-likeness (QED) is 0.134. The Morgan fingerprint density at radius 2 is 1.32 bits per heavy atom. The second-order valence-electron chi connectivity index (χ2n) is 11.8. The highest BCUT2D eigenvalue weighted by Crippen LogP contribution is 2.40. The molecule has 0 saturated carbocycles. The zero-order chi connectivity index (χ0) is 31.7. The minimum absolute atomic E-state index is 0.810. The van der Waals surface area contributed by atoms with Crippen LogP contribution in [0.3, 0.4) is 0 Å². The first-order chi connectivity index (χ1) is 23.2. The normalized spacial score (nSPS) is 11.3. The summed E-state index contributed by atoms with van der Waals surface area (Å²) in [6.07, 6.45) is 2.78. The van der Waals surface area contributed by atoms with Gasteiger partial charge in [-0.15, -0.1) is 0 Å². The summed E-state index contributed by atoms with van der Waals surface area (Å²) in [7, 11) is 0. The highest BCUT2D eigenvalue weighted by molar-refractivity contribution is 6.17. The molecule has 0 atom stereocenters. The third-order valence-corrected chi connectivity index (χ3v) is 8.97. The highest BCUT2D eigenvalue weighted by Gasteiger charge is 2.18. The molecule has 0 spiro atoms. The van der Waals surface area contributed by atoms with Gasteiger partial charge in [0.2, 0.25) is 0 Å². The Labute approximate surface area is 274 Å². The number of nitrogens with two attached hydrogens (primary N) is 1. The summed E-state index contributed by atoms with van der Waals surface area (Å²) >= 11 is 0. The van der Waals surface area contributed by atoms with E-state index >= 15 is 0 Å². The van der Waals surface area contributed by atoms with E-state index in [1.54, 1.807) is 5.01 Å². The van der Waals surface area contributed by atoms with Gasteiger partial charge in [0.1, 0.15) is 0 Å². The summed E-state index contributed by atoms with van der Waals surface area (Å²) in [5.41, 5.74) is 10.8. The molecule has 1 aromatic heterocycles. The second-order valence-corrected chi connectivity index (χ2v) is 11.8. The van der Waals surface area contributed by atoms with Gasteiger partial charge in [-0.3, -0.25) is 5.01 Å². The van der Waals surface area contributed by atoms with Crippen molar-refractivity contribution in [2.45, 2.75) is 6.42 Å². The lowest BCUT2D eigenvalue weighted by molar-refractivity contribution is 1.05. The van der Waals surface area contributed by atoms with E-state index in [2.05, 4.69) is 144 Å². The lowest BCUT2D eigenvalue weighted by atomic mass is 10.0. The Morgan fingerprint density at radius 1 is 0.660 bits per heavy atom. The summed E-state index contributed by atoms with van der Waals surface area (Å²) in [5.74, 6) is 6.81. The van der Waals surface area contributed by atoms with Gasteiger partial charge in [-0.25, -0.2) is 5.84 Å². The summed E-state index contributed by atoms with van der Waals surface area (Å²) in [6, 6.07) is 55.2. The fourth-order valence-corrected chi connectivity index (χ4v) is 6.71. The van der Waals surface area contributed by atoms with Crippen LogP contribution >= 0.6 is 0 Å². The molecule has 4 heteroatoms. The van der Waals surface area contributed by atoms with Crippen LogP contribution in [-0.2, 0) is 6.42 Å². The fraction of sp³-hybridized carbons (Fsp3) is 0.0233. The molecule has 8 rings (SSSR count). The van der Waals surface area contributed by atoms with E-state index in [9.17, 15) is 0 Å². The van der Waals surface area contributed by atoms with Crippen LogP contribution in [0.25, 0.3) is 44.3 Å². The van der Waals surface area contributed by atoms with Crippen molar-refractivity contribution < 1.29 is 0 Å². The molecule has 4 nitrogen and oxygen atoms in total. The second kappa shape index (κ2) is 12.0. The highest BCUT2D eigenvalue weighted by atomic mass is 15.4. The molecule has 0 amide bonds. The summed E-state index contributed by atoms with van der Waals surface area (Å²) < 4.78 is 2.35. The molecule has 0 bridgehead atoms. The van der Waals surface area contributed by atoms with Gasteiger partial charge in [0.25, 0.3) is 0 Å². The van der Waals surface area contributed by atoms with Gasteiger partial charge in [0.15, 0.2) is 0 Å². The average molecular weight is 607 g/mol. The molecule has 0 radical (unpaired) electrons. The summed E-state index contributed by atoms with van der Waals surface area (Å²) in [5, 5.41) is 10.2. The SMILES string of the molecule is C=Cc1c(Nc2ccccc2)ccc2c1c1cc3ccccc3cc1n2-c1ccc(N(N)c2ccccc2Cc2ccccc2)cc1. The first-order valence-corrected chi connectivity index (χ1v) is 15.9. The molecule has 8 aromatic rings.